The minimum Gasteiger partial charge on any atom is -0.355 e. The summed E-state index contributed by atoms with van der Waals surface area (Å²) in [4.78, 5) is 15.0. The quantitative estimate of drug-likeness (QED) is 0.841. The van der Waals surface area contributed by atoms with Crippen LogP contribution in [0.3, 0.4) is 0 Å². The number of likely N-dealkylation sites (tertiary alicyclic amines) is 1. The predicted octanol–water partition coefficient (Wildman–Crippen LogP) is 3.89. The van der Waals surface area contributed by atoms with Crippen LogP contribution < -0.4 is 5.32 Å². The second kappa shape index (κ2) is 7.81. The van der Waals surface area contributed by atoms with Gasteiger partial charge in [-0.3, -0.25) is 9.69 Å². The number of hydrogen-bond donors (Lipinski definition) is 1. The zero-order chi connectivity index (χ0) is 18.7. The Bertz CT molecular complexity index is 788. The minimum atomic E-state index is -0.200. The Morgan fingerprint density at radius 2 is 1.96 bits per heavy atom. The largest absolute Gasteiger partial charge is 0.355 e. The molecule has 0 radical (unpaired) electrons. The molecule has 2 aromatic carbocycles. The van der Waals surface area contributed by atoms with Gasteiger partial charge in [-0.15, -0.1) is 0 Å². The topological polar surface area (TPSA) is 32.3 Å². The van der Waals surface area contributed by atoms with E-state index in [2.05, 4.69) is 34.5 Å². The molecule has 1 aliphatic heterocycles. The van der Waals surface area contributed by atoms with Gasteiger partial charge in [-0.1, -0.05) is 42.5 Å². The Labute approximate surface area is 160 Å². The van der Waals surface area contributed by atoms with E-state index in [1.54, 1.807) is 12.1 Å². The van der Waals surface area contributed by atoms with Crippen LogP contribution in [-0.4, -0.2) is 30.4 Å². The van der Waals surface area contributed by atoms with Gasteiger partial charge >= 0.3 is 0 Å². The van der Waals surface area contributed by atoms with Crippen LogP contribution in [0.4, 0.5) is 4.39 Å². The second-order valence-corrected chi connectivity index (χ2v) is 8.07. The average molecular weight is 366 g/mol. The number of hydrogen-bond acceptors (Lipinski definition) is 2. The molecule has 2 aromatic rings. The molecule has 1 unspecified atom stereocenters. The fourth-order valence-corrected chi connectivity index (χ4v) is 4.22. The summed E-state index contributed by atoms with van der Waals surface area (Å²) in [6.45, 7) is 3.15. The second-order valence-electron chi connectivity index (χ2n) is 8.07. The molecule has 27 heavy (non-hydrogen) atoms. The SMILES string of the molecule is O=C(NCC1(c2ccccc2)CC1)C1CCCN(Cc2cccc(F)c2)C1. The summed E-state index contributed by atoms with van der Waals surface area (Å²) in [5, 5.41) is 3.22. The van der Waals surface area contributed by atoms with Gasteiger partial charge in [-0.2, -0.15) is 0 Å². The van der Waals surface area contributed by atoms with E-state index >= 15 is 0 Å². The van der Waals surface area contributed by atoms with Crippen molar-refractivity contribution in [2.45, 2.75) is 37.6 Å². The molecule has 0 bridgehead atoms. The standard InChI is InChI=1S/C23H27FN2O/c24-21-10-4-6-18(14-21)15-26-13-5-7-19(16-26)22(27)25-17-23(11-12-23)20-8-2-1-3-9-20/h1-4,6,8-10,14,19H,5,7,11-13,15-17H2,(H,25,27). The summed E-state index contributed by atoms with van der Waals surface area (Å²) in [5.41, 5.74) is 2.45. The van der Waals surface area contributed by atoms with E-state index < -0.39 is 0 Å². The van der Waals surface area contributed by atoms with Crippen molar-refractivity contribution in [1.82, 2.24) is 10.2 Å². The Balaban J connectivity index is 1.31. The molecule has 0 aromatic heterocycles. The van der Waals surface area contributed by atoms with Crippen LogP contribution in [0.25, 0.3) is 0 Å². The number of benzene rings is 2. The number of rotatable bonds is 6. The molecule has 3 nitrogen and oxygen atoms in total. The van der Waals surface area contributed by atoms with Gasteiger partial charge in [-0.05, 0) is 55.5 Å². The van der Waals surface area contributed by atoms with Gasteiger partial charge < -0.3 is 5.32 Å². The summed E-state index contributed by atoms with van der Waals surface area (Å²) in [6, 6.07) is 17.3. The highest BCUT2D eigenvalue weighted by molar-refractivity contribution is 5.79. The lowest BCUT2D eigenvalue weighted by Gasteiger charge is -2.32. The van der Waals surface area contributed by atoms with Crippen LogP contribution >= 0.6 is 0 Å². The summed E-state index contributed by atoms with van der Waals surface area (Å²) in [5.74, 6) is -0.00511. The summed E-state index contributed by atoms with van der Waals surface area (Å²) in [6.07, 6.45) is 4.24. The molecule has 1 heterocycles. The van der Waals surface area contributed by atoms with Gasteiger partial charge in [0.05, 0.1) is 5.92 Å². The number of piperidine rings is 1. The summed E-state index contributed by atoms with van der Waals surface area (Å²) < 4.78 is 13.4. The zero-order valence-electron chi connectivity index (χ0n) is 15.7. The molecule has 4 heteroatoms. The van der Waals surface area contributed by atoms with Crippen molar-refractivity contribution >= 4 is 5.91 Å². The van der Waals surface area contributed by atoms with Gasteiger partial charge in [-0.25, -0.2) is 4.39 Å². The highest BCUT2D eigenvalue weighted by Crippen LogP contribution is 2.47. The first-order valence-corrected chi connectivity index (χ1v) is 9.95. The van der Waals surface area contributed by atoms with E-state index in [1.165, 1.54) is 11.6 Å². The van der Waals surface area contributed by atoms with E-state index in [9.17, 15) is 9.18 Å². The van der Waals surface area contributed by atoms with E-state index in [4.69, 9.17) is 0 Å². The number of carbonyl (C=O) groups excluding carboxylic acids is 1. The maximum Gasteiger partial charge on any atom is 0.224 e. The average Bonchev–Trinajstić information content (AvgIpc) is 3.48. The Morgan fingerprint density at radius 1 is 1.15 bits per heavy atom. The van der Waals surface area contributed by atoms with Crippen molar-refractivity contribution in [1.29, 1.82) is 0 Å². The maximum absolute atomic E-state index is 13.4. The normalized spacial score (nSPS) is 21.6. The molecule has 1 saturated heterocycles. The first-order chi connectivity index (χ1) is 13.1. The molecule has 0 spiro atoms. The number of amides is 1. The third kappa shape index (κ3) is 4.38. The van der Waals surface area contributed by atoms with Crippen molar-refractivity contribution in [3.05, 3.63) is 71.5 Å². The summed E-state index contributed by atoms with van der Waals surface area (Å²) in [7, 11) is 0. The molecule has 142 valence electrons. The number of carbonyl (C=O) groups is 1. The van der Waals surface area contributed by atoms with Crippen LogP contribution in [0.5, 0.6) is 0 Å². The van der Waals surface area contributed by atoms with Crippen LogP contribution in [0.2, 0.25) is 0 Å². The fourth-order valence-electron chi connectivity index (χ4n) is 4.22. The molecule has 1 amide bonds. The third-order valence-electron chi connectivity index (χ3n) is 6.01. The third-order valence-corrected chi connectivity index (χ3v) is 6.01. The number of nitrogens with zero attached hydrogens (tertiary/aromatic N) is 1. The van der Waals surface area contributed by atoms with Gasteiger partial charge in [0.2, 0.25) is 5.91 Å². The lowest BCUT2D eigenvalue weighted by Crippen LogP contribution is -2.44. The highest BCUT2D eigenvalue weighted by Gasteiger charge is 2.44. The minimum absolute atomic E-state index is 0.0267. The summed E-state index contributed by atoms with van der Waals surface area (Å²) >= 11 is 0. The first-order valence-electron chi connectivity index (χ1n) is 9.95. The van der Waals surface area contributed by atoms with Crippen molar-refractivity contribution in [3.63, 3.8) is 0 Å². The molecule has 2 fully saturated rings. The molecule has 1 N–H and O–H groups in total. The van der Waals surface area contributed by atoms with E-state index in [0.29, 0.717) is 6.54 Å². The zero-order valence-corrected chi connectivity index (χ0v) is 15.7. The van der Waals surface area contributed by atoms with Crippen molar-refractivity contribution in [2.24, 2.45) is 5.92 Å². The monoisotopic (exact) mass is 366 g/mol. The Morgan fingerprint density at radius 3 is 2.70 bits per heavy atom. The van der Waals surface area contributed by atoms with Crippen LogP contribution in [0.1, 0.15) is 36.8 Å². The smallest absolute Gasteiger partial charge is 0.224 e. The molecular weight excluding hydrogens is 339 g/mol. The van der Waals surface area contributed by atoms with Crippen molar-refractivity contribution in [2.75, 3.05) is 19.6 Å². The molecule has 1 atom stereocenters. The molecular formula is C23H27FN2O. The van der Waals surface area contributed by atoms with Gasteiger partial charge in [0.1, 0.15) is 5.82 Å². The molecule has 1 aliphatic carbocycles. The van der Waals surface area contributed by atoms with E-state index in [0.717, 1.165) is 50.9 Å². The van der Waals surface area contributed by atoms with Gasteiger partial charge in [0.25, 0.3) is 0 Å². The molecule has 4 rings (SSSR count). The lowest BCUT2D eigenvalue weighted by atomic mass is 9.94. The fraction of sp³-hybridized carbons (Fsp3) is 0.435. The maximum atomic E-state index is 13.4. The van der Waals surface area contributed by atoms with Crippen LogP contribution in [0, 0.1) is 11.7 Å². The van der Waals surface area contributed by atoms with Crippen molar-refractivity contribution < 1.29 is 9.18 Å². The van der Waals surface area contributed by atoms with Crippen molar-refractivity contribution in [3.8, 4) is 0 Å². The first kappa shape index (κ1) is 18.2. The van der Waals surface area contributed by atoms with Gasteiger partial charge in [0, 0.05) is 25.0 Å². The Kier molecular flexibility index (Phi) is 5.26. The molecule has 1 saturated carbocycles. The molecule has 2 aliphatic rings. The Hall–Kier alpha value is -2.20. The van der Waals surface area contributed by atoms with E-state index in [-0.39, 0.29) is 23.1 Å². The predicted molar refractivity (Wildman–Crippen MR) is 105 cm³/mol. The van der Waals surface area contributed by atoms with Crippen LogP contribution in [-0.2, 0) is 16.8 Å². The van der Waals surface area contributed by atoms with Gasteiger partial charge in [0.15, 0.2) is 0 Å². The highest BCUT2D eigenvalue weighted by atomic mass is 19.1. The number of halogens is 1. The number of nitrogens with one attached hydrogen (secondary N) is 1. The van der Waals surface area contributed by atoms with E-state index in [1.807, 2.05) is 12.1 Å². The van der Waals surface area contributed by atoms with Crippen LogP contribution in [0.15, 0.2) is 54.6 Å². The lowest BCUT2D eigenvalue weighted by molar-refractivity contribution is -0.126.